The first-order valence-corrected chi connectivity index (χ1v) is 6.70. The van der Waals surface area contributed by atoms with Crippen LogP contribution < -0.4 is 15.2 Å². The van der Waals surface area contributed by atoms with Gasteiger partial charge in [0.25, 0.3) is 0 Å². The van der Waals surface area contributed by atoms with Gasteiger partial charge < -0.3 is 15.2 Å². The summed E-state index contributed by atoms with van der Waals surface area (Å²) < 4.78 is 12.2. The van der Waals surface area contributed by atoms with Crippen molar-refractivity contribution in [2.45, 2.75) is 20.0 Å². The van der Waals surface area contributed by atoms with Gasteiger partial charge in [0.1, 0.15) is 5.75 Å². The van der Waals surface area contributed by atoms with Crippen LogP contribution in [0.4, 0.5) is 5.69 Å². The first-order chi connectivity index (χ1) is 9.04. The van der Waals surface area contributed by atoms with Crippen molar-refractivity contribution in [1.29, 1.82) is 0 Å². The maximum absolute atomic E-state index is 5.80. The lowest BCUT2D eigenvalue weighted by Crippen LogP contribution is -2.09. The van der Waals surface area contributed by atoms with Crippen LogP contribution in [-0.4, -0.2) is 11.1 Å². The molecule has 0 unspecified atom stereocenters. The number of hydrogen-bond acceptors (Lipinski definition) is 4. The first-order valence-electron chi connectivity index (χ1n) is 5.91. The molecule has 2 rings (SSSR count). The van der Waals surface area contributed by atoms with Crippen molar-refractivity contribution < 1.29 is 9.47 Å². The number of nitrogen functional groups attached to an aromatic ring is 1. The van der Waals surface area contributed by atoms with Gasteiger partial charge in [0.05, 0.1) is 11.8 Å². The van der Waals surface area contributed by atoms with Crippen molar-refractivity contribution in [2.75, 3.05) is 5.73 Å². The molecule has 1 heterocycles. The Hall–Kier alpha value is -1.75. The van der Waals surface area contributed by atoms with E-state index in [9.17, 15) is 0 Å². The van der Waals surface area contributed by atoms with Gasteiger partial charge in [-0.15, -0.1) is 0 Å². The Morgan fingerprint density at radius 3 is 2.42 bits per heavy atom. The molecule has 0 saturated carbocycles. The maximum atomic E-state index is 5.80. The fraction of sp³-hybridized carbons (Fsp3) is 0.214. The van der Waals surface area contributed by atoms with E-state index in [2.05, 4.69) is 20.9 Å². The van der Waals surface area contributed by atoms with Crippen molar-refractivity contribution in [3.8, 4) is 17.5 Å². The van der Waals surface area contributed by atoms with Gasteiger partial charge in [-0.05, 0) is 44.2 Å². The molecule has 0 fully saturated rings. The topological polar surface area (TPSA) is 57.4 Å². The molecule has 2 aromatic rings. The van der Waals surface area contributed by atoms with E-state index in [1.165, 1.54) is 0 Å². The average molecular weight is 323 g/mol. The van der Waals surface area contributed by atoms with E-state index in [1.807, 2.05) is 38.1 Å². The molecule has 0 aliphatic rings. The molecule has 0 atom stereocenters. The van der Waals surface area contributed by atoms with Gasteiger partial charge in [-0.1, -0.05) is 15.9 Å². The number of ether oxygens (including phenoxy) is 2. The molecule has 0 saturated heterocycles. The second-order valence-electron chi connectivity index (χ2n) is 4.27. The quantitative estimate of drug-likeness (QED) is 0.924. The lowest BCUT2D eigenvalue weighted by Gasteiger charge is -2.12. The fourth-order valence-corrected chi connectivity index (χ4v) is 1.70. The smallest absolute Gasteiger partial charge is 0.240 e. The van der Waals surface area contributed by atoms with E-state index in [1.54, 1.807) is 12.1 Å². The monoisotopic (exact) mass is 322 g/mol. The van der Waals surface area contributed by atoms with Crippen LogP contribution in [0.15, 0.2) is 40.9 Å². The van der Waals surface area contributed by atoms with Crippen molar-refractivity contribution >= 4 is 21.6 Å². The summed E-state index contributed by atoms with van der Waals surface area (Å²) in [6.07, 6.45) is 0.0118. The minimum Gasteiger partial charge on any atom is -0.473 e. The number of aromatic nitrogens is 1. The molecule has 19 heavy (non-hydrogen) atoms. The molecule has 4 nitrogen and oxygen atoms in total. The Morgan fingerprint density at radius 2 is 1.79 bits per heavy atom. The lowest BCUT2D eigenvalue weighted by molar-refractivity contribution is 0.232. The normalized spacial score (nSPS) is 10.5. The summed E-state index contributed by atoms with van der Waals surface area (Å²) in [4.78, 5) is 4.25. The number of rotatable bonds is 4. The number of benzene rings is 1. The number of nitrogens with zero attached hydrogens (tertiary/aromatic N) is 1. The van der Waals surface area contributed by atoms with Gasteiger partial charge in [0.2, 0.25) is 11.8 Å². The van der Waals surface area contributed by atoms with Gasteiger partial charge in [-0.3, -0.25) is 0 Å². The lowest BCUT2D eigenvalue weighted by atomic mass is 10.3. The highest BCUT2D eigenvalue weighted by Gasteiger charge is 2.07. The molecular weight excluding hydrogens is 308 g/mol. The van der Waals surface area contributed by atoms with Crippen LogP contribution in [0.25, 0.3) is 0 Å². The molecule has 1 aromatic carbocycles. The number of anilines is 1. The van der Waals surface area contributed by atoms with E-state index in [4.69, 9.17) is 15.2 Å². The van der Waals surface area contributed by atoms with Crippen molar-refractivity contribution in [3.63, 3.8) is 0 Å². The molecular formula is C14H15BrN2O2. The number of nitrogens with two attached hydrogens (primary N) is 1. The van der Waals surface area contributed by atoms with E-state index in [0.717, 1.165) is 4.47 Å². The molecule has 5 heteroatoms. The molecule has 0 aliphatic carbocycles. The molecule has 2 N–H and O–H groups in total. The third-order valence-electron chi connectivity index (χ3n) is 2.25. The third kappa shape index (κ3) is 3.86. The van der Waals surface area contributed by atoms with Gasteiger partial charge in [0.15, 0.2) is 0 Å². The van der Waals surface area contributed by atoms with Gasteiger partial charge >= 0.3 is 0 Å². The maximum Gasteiger partial charge on any atom is 0.240 e. The summed E-state index contributed by atoms with van der Waals surface area (Å²) >= 11 is 3.37. The first kappa shape index (κ1) is 13.7. The van der Waals surface area contributed by atoms with Crippen LogP contribution in [0, 0.1) is 0 Å². The van der Waals surface area contributed by atoms with E-state index >= 15 is 0 Å². The van der Waals surface area contributed by atoms with Crippen LogP contribution >= 0.6 is 15.9 Å². The van der Waals surface area contributed by atoms with Crippen LogP contribution in [0.3, 0.4) is 0 Å². The summed E-state index contributed by atoms with van der Waals surface area (Å²) in [5.74, 6) is 1.55. The average Bonchev–Trinajstić information content (AvgIpc) is 2.36. The number of halogens is 1. The second-order valence-corrected chi connectivity index (χ2v) is 5.18. The van der Waals surface area contributed by atoms with Gasteiger partial charge in [-0.25, -0.2) is 0 Å². The zero-order chi connectivity index (χ0) is 13.8. The second kappa shape index (κ2) is 5.93. The number of pyridine rings is 1. The zero-order valence-electron chi connectivity index (χ0n) is 10.8. The van der Waals surface area contributed by atoms with Crippen molar-refractivity contribution in [3.05, 3.63) is 40.9 Å². The Bertz CT molecular complexity index is 556. The molecule has 0 spiro atoms. The highest BCUT2D eigenvalue weighted by Crippen LogP contribution is 2.27. The van der Waals surface area contributed by atoms with E-state index in [-0.39, 0.29) is 6.10 Å². The molecule has 1 aromatic heterocycles. The molecule has 100 valence electrons. The number of hydrogen-bond donors (Lipinski definition) is 1. The highest BCUT2D eigenvalue weighted by molar-refractivity contribution is 9.10. The molecule has 0 aliphatic heterocycles. The summed E-state index contributed by atoms with van der Waals surface area (Å²) in [5.41, 5.74) is 6.30. The molecule has 0 amide bonds. The highest BCUT2D eigenvalue weighted by atomic mass is 79.9. The third-order valence-corrected chi connectivity index (χ3v) is 2.78. The Labute approximate surface area is 120 Å². The van der Waals surface area contributed by atoms with Gasteiger partial charge in [-0.2, -0.15) is 4.98 Å². The minimum atomic E-state index is 0.0118. The minimum absolute atomic E-state index is 0.0118. The zero-order valence-corrected chi connectivity index (χ0v) is 12.3. The van der Waals surface area contributed by atoms with Crippen molar-refractivity contribution in [1.82, 2.24) is 4.98 Å². The van der Waals surface area contributed by atoms with Crippen LogP contribution in [-0.2, 0) is 0 Å². The van der Waals surface area contributed by atoms with Crippen molar-refractivity contribution in [2.24, 2.45) is 0 Å². The Balaban J connectivity index is 2.18. The fourth-order valence-electron chi connectivity index (χ4n) is 1.43. The van der Waals surface area contributed by atoms with Gasteiger partial charge in [0, 0.05) is 10.5 Å². The van der Waals surface area contributed by atoms with E-state index < -0.39 is 0 Å². The largest absolute Gasteiger partial charge is 0.473 e. The Kier molecular flexibility index (Phi) is 4.27. The van der Waals surface area contributed by atoms with E-state index in [0.29, 0.717) is 23.2 Å². The Morgan fingerprint density at radius 1 is 1.11 bits per heavy atom. The van der Waals surface area contributed by atoms with Crippen LogP contribution in [0.5, 0.6) is 17.5 Å². The summed E-state index contributed by atoms with van der Waals surface area (Å²) in [7, 11) is 0. The molecule has 0 bridgehead atoms. The van der Waals surface area contributed by atoms with Crippen LogP contribution in [0.1, 0.15) is 13.8 Å². The molecule has 0 radical (unpaired) electrons. The summed E-state index contributed by atoms with van der Waals surface area (Å²) in [6, 6.07) is 10.9. The predicted octanol–water partition coefficient (Wildman–Crippen LogP) is 4.01. The standard InChI is InChI=1S/C14H15BrN2O2/c1-9(2)18-14-12(16)7-8-13(17-14)19-11-5-3-10(15)4-6-11/h3-9H,16H2,1-2H3. The SMILES string of the molecule is CC(C)Oc1nc(Oc2ccc(Br)cc2)ccc1N. The summed E-state index contributed by atoms with van der Waals surface area (Å²) in [5, 5.41) is 0. The van der Waals surface area contributed by atoms with Crippen LogP contribution in [0.2, 0.25) is 0 Å². The summed E-state index contributed by atoms with van der Waals surface area (Å²) in [6.45, 7) is 3.84. The predicted molar refractivity (Wildman–Crippen MR) is 78.6 cm³/mol.